The van der Waals surface area contributed by atoms with E-state index in [-0.39, 0.29) is 11.6 Å². The predicted octanol–water partition coefficient (Wildman–Crippen LogP) is 0.0686. The van der Waals surface area contributed by atoms with E-state index in [9.17, 15) is 13.2 Å². The van der Waals surface area contributed by atoms with E-state index < -0.39 is 10.0 Å². The highest BCUT2D eigenvalue weighted by molar-refractivity contribution is 7.88. The Kier molecular flexibility index (Phi) is 4.94. The normalized spacial score (nSPS) is 27.3. The van der Waals surface area contributed by atoms with Gasteiger partial charge in [-0.15, -0.1) is 0 Å². The van der Waals surface area contributed by atoms with Gasteiger partial charge in [-0.3, -0.25) is 9.69 Å². The number of nitrogens with one attached hydrogen (secondary N) is 2. The van der Waals surface area contributed by atoms with Crippen molar-refractivity contribution in [1.29, 1.82) is 0 Å². The maximum atomic E-state index is 13.0. The van der Waals surface area contributed by atoms with Crippen LogP contribution in [0.15, 0.2) is 16.9 Å². The van der Waals surface area contributed by atoms with Gasteiger partial charge in [0.15, 0.2) is 0 Å². The van der Waals surface area contributed by atoms with E-state index in [1.807, 2.05) is 10.6 Å². The molecule has 2 bridgehead atoms. The Hall–Kier alpha value is -1.22. The molecule has 2 fully saturated rings. The summed E-state index contributed by atoms with van der Waals surface area (Å²) >= 11 is 0. The summed E-state index contributed by atoms with van der Waals surface area (Å²) < 4.78 is 27.4. The first-order valence-corrected chi connectivity index (χ1v) is 11.4. The Morgan fingerprint density at radius 1 is 1.23 bits per heavy atom. The van der Waals surface area contributed by atoms with Gasteiger partial charge in [0.2, 0.25) is 10.0 Å². The zero-order valence-corrected chi connectivity index (χ0v) is 16.1. The average molecular weight is 381 g/mol. The molecule has 0 unspecified atom stereocenters. The topological polar surface area (TPSA) is 83.4 Å². The maximum Gasteiger partial charge on any atom is 0.255 e. The number of pyridine rings is 1. The number of sulfonamides is 1. The number of hydrogen-bond acceptors (Lipinski definition) is 5. The van der Waals surface area contributed by atoms with Crippen LogP contribution in [0.4, 0.5) is 0 Å². The van der Waals surface area contributed by atoms with Gasteiger partial charge in [0, 0.05) is 55.9 Å². The molecular weight excluding hydrogens is 352 g/mol. The Labute approximate surface area is 154 Å². The largest absolute Gasteiger partial charge is 0.316 e. The summed E-state index contributed by atoms with van der Waals surface area (Å²) in [5, 5.41) is 3.48. The van der Waals surface area contributed by atoms with Gasteiger partial charge in [-0.2, -0.15) is 0 Å². The molecule has 2 atom stereocenters. The van der Waals surface area contributed by atoms with Crippen LogP contribution in [0.2, 0.25) is 0 Å². The SMILES string of the molecule is CS(=O)(=O)NC1CCN(Cc2ccc3n(c2=O)C[C@@H]2CNC[C@H]3C2)CC1. The van der Waals surface area contributed by atoms with Crippen LogP contribution in [0.5, 0.6) is 0 Å². The van der Waals surface area contributed by atoms with E-state index in [4.69, 9.17) is 0 Å². The van der Waals surface area contributed by atoms with Crippen LogP contribution in [-0.2, 0) is 23.1 Å². The number of fused-ring (bicyclic) bond motifs is 4. The molecule has 0 amide bonds. The summed E-state index contributed by atoms with van der Waals surface area (Å²) in [6.07, 6.45) is 3.97. The Balaban J connectivity index is 1.44. The summed E-state index contributed by atoms with van der Waals surface area (Å²) in [5.74, 6) is 1.02. The molecule has 4 heterocycles. The molecule has 0 radical (unpaired) electrons. The lowest BCUT2D eigenvalue weighted by atomic mass is 9.84. The molecule has 0 spiro atoms. The zero-order chi connectivity index (χ0) is 18.3. The lowest BCUT2D eigenvalue weighted by Gasteiger charge is -2.38. The van der Waals surface area contributed by atoms with Gasteiger partial charge in [-0.1, -0.05) is 6.07 Å². The van der Waals surface area contributed by atoms with Gasteiger partial charge >= 0.3 is 0 Å². The van der Waals surface area contributed by atoms with E-state index in [0.29, 0.717) is 18.4 Å². The van der Waals surface area contributed by atoms with Crippen molar-refractivity contribution in [2.75, 3.05) is 32.4 Å². The van der Waals surface area contributed by atoms with Crippen molar-refractivity contribution < 1.29 is 8.42 Å². The monoisotopic (exact) mass is 380 g/mol. The van der Waals surface area contributed by atoms with Crippen molar-refractivity contribution in [3.63, 3.8) is 0 Å². The van der Waals surface area contributed by atoms with Crippen LogP contribution >= 0.6 is 0 Å². The van der Waals surface area contributed by atoms with Crippen molar-refractivity contribution in [1.82, 2.24) is 19.5 Å². The number of aromatic nitrogens is 1. The second-order valence-electron chi connectivity index (χ2n) is 8.10. The molecule has 26 heavy (non-hydrogen) atoms. The summed E-state index contributed by atoms with van der Waals surface area (Å²) in [7, 11) is -3.15. The molecule has 4 rings (SSSR count). The van der Waals surface area contributed by atoms with Gasteiger partial charge in [-0.25, -0.2) is 13.1 Å². The quantitative estimate of drug-likeness (QED) is 0.772. The van der Waals surface area contributed by atoms with Crippen molar-refractivity contribution >= 4 is 10.0 Å². The van der Waals surface area contributed by atoms with Gasteiger partial charge in [0.1, 0.15) is 0 Å². The minimum absolute atomic E-state index is 0.0118. The van der Waals surface area contributed by atoms with Crippen LogP contribution in [-0.4, -0.2) is 56.4 Å². The Morgan fingerprint density at radius 3 is 2.73 bits per heavy atom. The molecule has 144 valence electrons. The minimum Gasteiger partial charge on any atom is -0.316 e. The molecule has 2 N–H and O–H groups in total. The molecule has 3 aliphatic rings. The average Bonchev–Trinajstić information content (AvgIpc) is 2.59. The van der Waals surface area contributed by atoms with E-state index in [2.05, 4.69) is 21.0 Å². The standard InChI is InChI=1S/C18H28N4O3S/c1-26(24,25)20-16-4-6-21(7-5-16)12-14-2-3-17-15-8-13(9-19-10-15)11-22(17)18(14)23/h2-3,13,15-16,19-20H,4-12H2,1H3/t13-,15+/m0/s1. The second kappa shape index (κ2) is 7.07. The van der Waals surface area contributed by atoms with E-state index >= 15 is 0 Å². The summed E-state index contributed by atoms with van der Waals surface area (Å²) in [5.41, 5.74) is 2.20. The van der Waals surface area contributed by atoms with Crippen LogP contribution in [0.3, 0.4) is 0 Å². The van der Waals surface area contributed by atoms with Gasteiger partial charge in [-0.05, 0) is 37.8 Å². The van der Waals surface area contributed by atoms with Crippen LogP contribution in [0.25, 0.3) is 0 Å². The highest BCUT2D eigenvalue weighted by Crippen LogP contribution is 2.31. The second-order valence-corrected chi connectivity index (χ2v) is 9.88. The molecule has 1 aromatic heterocycles. The number of likely N-dealkylation sites (tertiary alicyclic amines) is 1. The fraction of sp³-hybridized carbons (Fsp3) is 0.722. The molecule has 8 heteroatoms. The van der Waals surface area contributed by atoms with Crippen molar-refractivity contribution in [2.45, 2.75) is 44.3 Å². The predicted molar refractivity (Wildman–Crippen MR) is 101 cm³/mol. The first-order valence-electron chi connectivity index (χ1n) is 9.52. The zero-order valence-electron chi connectivity index (χ0n) is 15.3. The highest BCUT2D eigenvalue weighted by Gasteiger charge is 2.31. The fourth-order valence-electron chi connectivity index (χ4n) is 4.71. The van der Waals surface area contributed by atoms with E-state index in [1.54, 1.807) is 0 Å². The lowest BCUT2D eigenvalue weighted by molar-refractivity contribution is 0.198. The fourth-order valence-corrected chi connectivity index (χ4v) is 5.55. The molecule has 0 aromatic carbocycles. The highest BCUT2D eigenvalue weighted by atomic mass is 32.2. The van der Waals surface area contributed by atoms with Gasteiger partial charge in [0.05, 0.1) is 6.26 Å². The number of rotatable bonds is 4. The van der Waals surface area contributed by atoms with E-state index in [0.717, 1.165) is 51.1 Å². The van der Waals surface area contributed by atoms with E-state index in [1.165, 1.54) is 18.4 Å². The molecular formula is C18H28N4O3S. The first-order chi connectivity index (χ1) is 12.4. The third-order valence-corrected chi connectivity index (χ3v) is 6.71. The molecule has 1 aromatic rings. The Bertz CT molecular complexity index is 827. The van der Waals surface area contributed by atoms with Crippen LogP contribution in [0.1, 0.15) is 36.4 Å². The smallest absolute Gasteiger partial charge is 0.255 e. The van der Waals surface area contributed by atoms with Crippen molar-refractivity contribution in [2.24, 2.45) is 5.92 Å². The number of hydrogen-bond donors (Lipinski definition) is 2. The first kappa shape index (κ1) is 18.2. The number of piperidine rings is 2. The Morgan fingerprint density at radius 2 is 2.00 bits per heavy atom. The molecule has 0 saturated carbocycles. The van der Waals surface area contributed by atoms with Crippen LogP contribution in [0, 0.1) is 5.92 Å². The number of nitrogens with zero attached hydrogens (tertiary/aromatic N) is 2. The van der Waals surface area contributed by atoms with Crippen LogP contribution < -0.4 is 15.6 Å². The van der Waals surface area contributed by atoms with Gasteiger partial charge in [0.25, 0.3) is 5.56 Å². The summed E-state index contributed by atoms with van der Waals surface area (Å²) in [4.78, 5) is 15.3. The summed E-state index contributed by atoms with van der Waals surface area (Å²) in [6, 6.07) is 4.16. The molecule has 0 aliphatic carbocycles. The van der Waals surface area contributed by atoms with Crippen molar-refractivity contribution in [3.05, 3.63) is 33.7 Å². The lowest BCUT2D eigenvalue weighted by Crippen LogP contribution is -2.46. The van der Waals surface area contributed by atoms with Gasteiger partial charge < -0.3 is 9.88 Å². The summed E-state index contributed by atoms with van der Waals surface area (Å²) in [6.45, 7) is 5.07. The van der Waals surface area contributed by atoms with Crippen molar-refractivity contribution in [3.8, 4) is 0 Å². The molecule has 3 aliphatic heterocycles. The minimum atomic E-state index is -3.15. The maximum absolute atomic E-state index is 13.0. The third kappa shape index (κ3) is 3.88. The third-order valence-electron chi connectivity index (χ3n) is 5.95. The molecule has 7 nitrogen and oxygen atoms in total. The molecule has 2 saturated heterocycles.